The first kappa shape index (κ1) is 16.5. The van der Waals surface area contributed by atoms with Gasteiger partial charge in [0.1, 0.15) is 5.75 Å². The van der Waals surface area contributed by atoms with E-state index in [1.807, 2.05) is 12.1 Å². The number of carbonyl (C=O) groups is 2. The van der Waals surface area contributed by atoms with Gasteiger partial charge in [-0.15, -0.1) is 0 Å². The first-order valence-corrected chi connectivity index (χ1v) is 7.95. The number of ether oxygens (including phenoxy) is 1. The van der Waals surface area contributed by atoms with Gasteiger partial charge in [-0.25, -0.2) is 4.90 Å². The van der Waals surface area contributed by atoms with Crippen molar-refractivity contribution in [1.82, 2.24) is 5.32 Å². The molecule has 6 heteroatoms. The number of nitrogens with zero attached hydrogens (tertiary/aromatic N) is 1. The van der Waals surface area contributed by atoms with Crippen LogP contribution in [0.5, 0.6) is 5.75 Å². The average Bonchev–Trinajstić information content (AvgIpc) is 2.88. The number of anilines is 1. The number of hydrogen-bond acceptors (Lipinski definition) is 4. The Balaban J connectivity index is 1.67. The molecule has 1 aliphatic heterocycles. The normalized spacial score (nSPS) is 17.4. The zero-order chi connectivity index (χ0) is 17.1. The molecule has 3 rings (SSSR count). The Hall–Kier alpha value is -2.37. The van der Waals surface area contributed by atoms with Crippen LogP contribution in [0, 0.1) is 0 Å². The second-order valence-electron chi connectivity index (χ2n) is 5.53. The van der Waals surface area contributed by atoms with E-state index >= 15 is 0 Å². The van der Waals surface area contributed by atoms with Crippen molar-refractivity contribution in [2.24, 2.45) is 0 Å². The molecule has 0 aliphatic carbocycles. The molecular formula is C18H17ClN2O3. The zero-order valence-electron chi connectivity index (χ0n) is 13.2. The summed E-state index contributed by atoms with van der Waals surface area (Å²) in [6.07, 6.45) is 0.151. The largest absolute Gasteiger partial charge is 0.497 e. The van der Waals surface area contributed by atoms with Crippen LogP contribution in [0.15, 0.2) is 48.5 Å². The maximum absolute atomic E-state index is 12.5. The summed E-state index contributed by atoms with van der Waals surface area (Å²) in [5.41, 5.74) is 1.56. The lowest BCUT2D eigenvalue weighted by Gasteiger charge is -2.16. The fourth-order valence-electron chi connectivity index (χ4n) is 2.64. The Morgan fingerprint density at radius 3 is 2.42 bits per heavy atom. The molecule has 0 spiro atoms. The van der Waals surface area contributed by atoms with Crippen LogP contribution in [0.4, 0.5) is 5.69 Å². The highest BCUT2D eigenvalue weighted by molar-refractivity contribution is 6.30. The number of rotatable bonds is 5. The predicted molar refractivity (Wildman–Crippen MR) is 92.2 cm³/mol. The van der Waals surface area contributed by atoms with Gasteiger partial charge in [-0.05, 0) is 42.0 Å². The topological polar surface area (TPSA) is 58.6 Å². The minimum Gasteiger partial charge on any atom is -0.497 e. The first-order chi connectivity index (χ1) is 11.6. The first-order valence-electron chi connectivity index (χ1n) is 7.57. The molecule has 24 heavy (non-hydrogen) atoms. The van der Waals surface area contributed by atoms with Crippen LogP contribution >= 0.6 is 11.6 Å². The lowest BCUT2D eigenvalue weighted by atomic mass is 10.2. The molecule has 5 nitrogen and oxygen atoms in total. The summed E-state index contributed by atoms with van der Waals surface area (Å²) in [7, 11) is 1.57. The van der Waals surface area contributed by atoms with Gasteiger partial charge in [0.25, 0.3) is 5.91 Å². The number of imide groups is 1. The highest BCUT2D eigenvalue weighted by atomic mass is 35.5. The average molecular weight is 345 g/mol. The Morgan fingerprint density at radius 1 is 1.12 bits per heavy atom. The van der Waals surface area contributed by atoms with E-state index < -0.39 is 6.04 Å². The van der Waals surface area contributed by atoms with Crippen LogP contribution < -0.4 is 15.0 Å². The van der Waals surface area contributed by atoms with Crippen molar-refractivity contribution in [3.8, 4) is 5.75 Å². The minimum absolute atomic E-state index is 0.151. The quantitative estimate of drug-likeness (QED) is 0.847. The third-order valence-electron chi connectivity index (χ3n) is 3.94. The summed E-state index contributed by atoms with van der Waals surface area (Å²) < 4.78 is 5.09. The Morgan fingerprint density at radius 2 is 1.79 bits per heavy atom. The number of hydrogen-bond donors (Lipinski definition) is 1. The second-order valence-corrected chi connectivity index (χ2v) is 5.97. The van der Waals surface area contributed by atoms with Crippen molar-refractivity contribution in [3.05, 3.63) is 59.1 Å². The van der Waals surface area contributed by atoms with Gasteiger partial charge in [0, 0.05) is 11.6 Å². The summed E-state index contributed by atoms with van der Waals surface area (Å²) in [5, 5.41) is 3.80. The molecule has 2 aromatic carbocycles. The van der Waals surface area contributed by atoms with Gasteiger partial charge in [-0.3, -0.25) is 9.59 Å². The molecule has 1 aliphatic rings. The van der Waals surface area contributed by atoms with E-state index in [0.717, 1.165) is 5.56 Å². The standard InChI is InChI=1S/C18H17ClN2O3/c1-24-15-8-6-14(7-9-15)21-17(22)10-16(18(21)23)20-11-12-2-4-13(19)5-3-12/h2-9,16,20H,10-11H2,1H3/t16-/m1/s1. The van der Waals surface area contributed by atoms with Crippen molar-refractivity contribution in [2.75, 3.05) is 12.0 Å². The summed E-state index contributed by atoms with van der Waals surface area (Å²) >= 11 is 5.85. The number of methoxy groups -OCH3 is 1. The van der Waals surface area contributed by atoms with Crippen LogP contribution in [0.2, 0.25) is 5.02 Å². The Labute approximate surface area is 145 Å². The van der Waals surface area contributed by atoms with E-state index in [0.29, 0.717) is 23.0 Å². The number of halogens is 1. The summed E-state index contributed by atoms with van der Waals surface area (Å²) in [6.45, 7) is 0.497. The molecule has 0 bridgehead atoms. The maximum atomic E-state index is 12.5. The Bertz CT molecular complexity index is 744. The number of benzene rings is 2. The summed E-state index contributed by atoms with van der Waals surface area (Å²) in [4.78, 5) is 26.0. The minimum atomic E-state index is -0.518. The van der Waals surface area contributed by atoms with Gasteiger partial charge in [0.2, 0.25) is 5.91 Å². The molecule has 1 fully saturated rings. The number of nitrogens with one attached hydrogen (secondary N) is 1. The second kappa shape index (κ2) is 7.03. The number of carbonyl (C=O) groups excluding carboxylic acids is 2. The van der Waals surface area contributed by atoms with Gasteiger partial charge in [0.05, 0.1) is 25.3 Å². The molecule has 2 aromatic rings. The highest BCUT2D eigenvalue weighted by Gasteiger charge is 2.39. The Kier molecular flexibility index (Phi) is 4.83. The van der Waals surface area contributed by atoms with Crippen molar-refractivity contribution in [3.63, 3.8) is 0 Å². The van der Waals surface area contributed by atoms with Crippen molar-refractivity contribution < 1.29 is 14.3 Å². The fourth-order valence-corrected chi connectivity index (χ4v) is 2.76. The molecule has 1 atom stereocenters. The van der Waals surface area contributed by atoms with Crippen LogP contribution in [0.3, 0.4) is 0 Å². The molecule has 1 heterocycles. The van der Waals surface area contributed by atoms with Gasteiger partial charge < -0.3 is 10.1 Å². The zero-order valence-corrected chi connectivity index (χ0v) is 13.9. The molecule has 0 radical (unpaired) electrons. The van der Waals surface area contributed by atoms with Crippen LogP contribution in [0.1, 0.15) is 12.0 Å². The number of amides is 2. The molecule has 0 unspecified atom stereocenters. The summed E-state index contributed by atoms with van der Waals surface area (Å²) in [5.74, 6) is 0.230. The molecule has 0 saturated carbocycles. The lowest BCUT2D eigenvalue weighted by Crippen LogP contribution is -2.38. The third kappa shape index (κ3) is 3.42. The third-order valence-corrected chi connectivity index (χ3v) is 4.20. The van der Waals surface area contributed by atoms with E-state index in [1.165, 1.54) is 4.90 Å². The molecular weight excluding hydrogens is 328 g/mol. The smallest absolute Gasteiger partial charge is 0.251 e. The lowest BCUT2D eigenvalue weighted by molar-refractivity contribution is -0.121. The highest BCUT2D eigenvalue weighted by Crippen LogP contribution is 2.25. The van der Waals surface area contributed by atoms with E-state index in [1.54, 1.807) is 43.5 Å². The molecule has 1 saturated heterocycles. The predicted octanol–water partition coefficient (Wildman–Crippen LogP) is 2.77. The van der Waals surface area contributed by atoms with Crippen molar-refractivity contribution in [2.45, 2.75) is 19.0 Å². The van der Waals surface area contributed by atoms with Gasteiger partial charge in [-0.1, -0.05) is 23.7 Å². The van der Waals surface area contributed by atoms with E-state index in [-0.39, 0.29) is 18.2 Å². The van der Waals surface area contributed by atoms with E-state index in [9.17, 15) is 9.59 Å². The van der Waals surface area contributed by atoms with Crippen molar-refractivity contribution in [1.29, 1.82) is 0 Å². The monoisotopic (exact) mass is 344 g/mol. The van der Waals surface area contributed by atoms with Crippen LogP contribution in [0.25, 0.3) is 0 Å². The molecule has 124 valence electrons. The molecule has 2 amide bonds. The van der Waals surface area contributed by atoms with Crippen molar-refractivity contribution >= 4 is 29.1 Å². The molecule has 1 N–H and O–H groups in total. The SMILES string of the molecule is COc1ccc(N2C(=O)C[C@@H](NCc3ccc(Cl)cc3)C2=O)cc1. The molecule has 0 aromatic heterocycles. The van der Waals surface area contributed by atoms with E-state index in [2.05, 4.69) is 5.32 Å². The van der Waals surface area contributed by atoms with E-state index in [4.69, 9.17) is 16.3 Å². The maximum Gasteiger partial charge on any atom is 0.251 e. The van der Waals surface area contributed by atoms with Crippen LogP contribution in [-0.2, 0) is 16.1 Å². The summed E-state index contributed by atoms with van der Waals surface area (Å²) in [6, 6.07) is 13.7. The van der Waals surface area contributed by atoms with Gasteiger partial charge in [-0.2, -0.15) is 0 Å². The van der Waals surface area contributed by atoms with Crippen LogP contribution in [-0.4, -0.2) is 25.0 Å². The van der Waals surface area contributed by atoms with Gasteiger partial charge in [0.15, 0.2) is 0 Å². The fraction of sp³-hybridized carbons (Fsp3) is 0.222. The van der Waals surface area contributed by atoms with Gasteiger partial charge >= 0.3 is 0 Å².